The summed E-state index contributed by atoms with van der Waals surface area (Å²) in [6.45, 7) is 17.5. The summed E-state index contributed by atoms with van der Waals surface area (Å²) in [5.74, 6) is 0. The molecule has 0 atom stereocenters. The fraction of sp³-hybridized carbons (Fsp3) is 0.417. The molecule has 5 rings (SSSR count). The summed E-state index contributed by atoms with van der Waals surface area (Å²) in [6, 6.07) is 8.11. The lowest BCUT2D eigenvalue weighted by atomic mass is 9.81. The smallest absolute Gasteiger partial charge is 0.228 e. The standard InChI is InChI=1S/C36H41Cl4N2/c1-8-16-41-30(35(4,5)27-19-25(37)18-22(3)33(27)41)14-12-23-10-11-24(32(23)40)13-15-31-36(6,7)28-20-26(38)21-29(39)34(28)42(31)17-9-2/h12-15,18-21H,8-11,16-17H2,1-7H3/q+1. The van der Waals surface area contributed by atoms with Crippen LogP contribution in [0.4, 0.5) is 11.4 Å². The highest BCUT2D eigenvalue weighted by Gasteiger charge is 2.46. The average molecular weight is 644 g/mol. The third kappa shape index (κ3) is 5.32. The minimum absolute atomic E-state index is 0.151. The van der Waals surface area contributed by atoms with Crippen molar-refractivity contribution >= 4 is 63.5 Å². The van der Waals surface area contributed by atoms with Crippen molar-refractivity contribution in [2.75, 3.05) is 18.0 Å². The van der Waals surface area contributed by atoms with E-state index in [0.717, 1.165) is 54.5 Å². The summed E-state index contributed by atoms with van der Waals surface area (Å²) in [5.41, 5.74) is 10.5. The number of rotatable bonds is 7. The Balaban J connectivity index is 1.50. The van der Waals surface area contributed by atoms with Crippen LogP contribution < -0.4 is 4.90 Å². The van der Waals surface area contributed by atoms with Gasteiger partial charge in [0.1, 0.15) is 11.6 Å². The summed E-state index contributed by atoms with van der Waals surface area (Å²) < 4.78 is 2.35. The van der Waals surface area contributed by atoms with Crippen LogP contribution in [0, 0.1) is 6.92 Å². The van der Waals surface area contributed by atoms with E-state index >= 15 is 0 Å². The van der Waals surface area contributed by atoms with Gasteiger partial charge < -0.3 is 4.90 Å². The van der Waals surface area contributed by atoms with Gasteiger partial charge in [-0.25, -0.2) is 0 Å². The summed E-state index contributed by atoms with van der Waals surface area (Å²) in [6.07, 6.45) is 12.9. The molecule has 0 saturated carbocycles. The number of benzene rings is 2. The summed E-state index contributed by atoms with van der Waals surface area (Å²) in [4.78, 5) is 2.47. The van der Waals surface area contributed by atoms with Gasteiger partial charge in [0.05, 0.1) is 5.41 Å². The second-order valence-electron chi connectivity index (χ2n) is 12.8. The normalized spacial score (nSPS) is 21.1. The first-order chi connectivity index (χ1) is 19.8. The van der Waals surface area contributed by atoms with Crippen LogP contribution in [-0.2, 0) is 10.8 Å². The van der Waals surface area contributed by atoms with Crippen LogP contribution in [0.3, 0.4) is 0 Å². The van der Waals surface area contributed by atoms with Crippen molar-refractivity contribution in [2.24, 2.45) is 0 Å². The molecule has 0 spiro atoms. The molecule has 2 nitrogen and oxygen atoms in total. The summed E-state index contributed by atoms with van der Waals surface area (Å²) in [7, 11) is 0. The molecule has 0 N–H and O–H groups in total. The van der Waals surface area contributed by atoms with Crippen LogP contribution in [0.2, 0.25) is 15.1 Å². The van der Waals surface area contributed by atoms with Gasteiger partial charge in [-0.1, -0.05) is 86.3 Å². The molecule has 42 heavy (non-hydrogen) atoms. The van der Waals surface area contributed by atoms with Gasteiger partial charge in [-0.05, 0) is 92.6 Å². The van der Waals surface area contributed by atoms with Crippen molar-refractivity contribution < 1.29 is 4.58 Å². The molecule has 1 aliphatic carbocycles. The molecule has 3 aliphatic rings. The van der Waals surface area contributed by atoms with E-state index in [9.17, 15) is 0 Å². The Hall–Kier alpha value is -1.97. The summed E-state index contributed by atoms with van der Waals surface area (Å²) >= 11 is 26.7. The molecule has 2 aromatic rings. The van der Waals surface area contributed by atoms with Gasteiger partial charge >= 0.3 is 0 Å². The lowest BCUT2D eigenvalue weighted by Crippen LogP contribution is -2.27. The highest BCUT2D eigenvalue weighted by atomic mass is 35.5. The van der Waals surface area contributed by atoms with Gasteiger partial charge in [-0.15, -0.1) is 0 Å². The third-order valence-electron chi connectivity index (χ3n) is 9.05. The number of hydrogen-bond acceptors (Lipinski definition) is 1. The molecule has 6 heteroatoms. The van der Waals surface area contributed by atoms with E-state index in [1.807, 2.05) is 6.07 Å². The average Bonchev–Trinajstić information content (AvgIpc) is 3.43. The minimum atomic E-state index is -0.225. The lowest BCUT2D eigenvalue weighted by molar-refractivity contribution is -0.437. The first-order valence-corrected chi connectivity index (χ1v) is 16.5. The second kappa shape index (κ2) is 11.8. The van der Waals surface area contributed by atoms with Gasteiger partial charge in [0.15, 0.2) is 5.71 Å². The molecule has 0 aromatic heterocycles. The van der Waals surface area contributed by atoms with Gasteiger partial charge in [-0.2, -0.15) is 4.58 Å². The molecule has 2 heterocycles. The van der Waals surface area contributed by atoms with Crippen LogP contribution in [0.5, 0.6) is 0 Å². The Morgan fingerprint density at radius 2 is 1.52 bits per heavy atom. The maximum Gasteiger partial charge on any atom is 0.228 e. The number of hydrogen-bond donors (Lipinski definition) is 0. The molecule has 2 aromatic carbocycles. The van der Waals surface area contributed by atoms with Crippen molar-refractivity contribution in [3.63, 3.8) is 0 Å². The number of fused-ring (bicyclic) bond motifs is 2. The molecule has 0 fully saturated rings. The molecular formula is C36H41Cl4N2+. The van der Waals surface area contributed by atoms with Crippen LogP contribution in [0.25, 0.3) is 0 Å². The Morgan fingerprint density at radius 1 is 0.833 bits per heavy atom. The maximum absolute atomic E-state index is 7.06. The van der Waals surface area contributed by atoms with Crippen LogP contribution >= 0.6 is 46.4 Å². The Bertz CT molecular complexity index is 1600. The summed E-state index contributed by atoms with van der Waals surface area (Å²) in [5, 5.41) is 3.02. The van der Waals surface area contributed by atoms with Crippen LogP contribution in [-0.4, -0.2) is 23.4 Å². The van der Waals surface area contributed by atoms with E-state index in [1.165, 1.54) is 44.9 Å². The largest absolute Gasteiger partial charge is 0.344 e. The molecule has 2 aliphatic heterocycles. The predicted molar refractivity (Wildman–Crippen MR) is 184 cm³/mol. The van der Waals surface area contributed by atoms with E-state index in [4.69, 9.17) is 46.4 Å². The zero-order chi connectivity index (χ0) is 30.6. The molecule has 0 bridgehead atoms. The van der Waals surface area contributed by atoms with Gasteiger partial charge in [-0.3, -0.25) is 0 Å². The molecule has 222 valence electrons. The van der Waals surface area contributed by atoms with Crippen molar-refractivity contribution in [2.45, 2.75) is 85.0 Å². The van der Waals surface area contributed by atoms with Gasteiger partial charge in [0.25, 0.3) is 0 Å². The molecule has 0 saturated heterocycles. The fourth-order valence-electron chi connectivity index (χ4n) is 6.95. The lowest BCUT2D eigenvalue weighted by Gasteiger charge is -2.27. The minimum Gasteiger partial charge on any atom is -0.344 e. The third-order valence-corrected chi connectivity index (χ3v) is 10.3. The van der Waals surface area contributed by atoms with E-state index in [-0.39, 0.29) is 10.8 Å². The zero-order valence-electron chi connectivity index (χ0n) is 25.8. The number of aryl methyl sites for hydroxylation is 1. The Morgan fingerprint density at radius 3 is 2.21 bits per heavy atom. The second-order valence-corrected chi connectivity index (χ2v) is 14.4. The zero-order valence-corrected chi connectivity index (χ0v) is 28.8. The van der Waals surface area contributed by atoms with E-state index < -0.39 is 0 Å². The van der Waals surface area contributed by atoms with E-state index in [1.54, 1.807) is 0 Å². The highest BCUT2D eigenvalue weighted by Crippen LogP contribution is 2.51. The fourth-order valence-corrected chi connectivity index (χ4v) is 8.14. The first kappa shape index (κ1) is 31.5. The monoisotopic (exact) mass is 641 g/mol. The van der Waals surface area contributed by atoms with Crippen LogP contribution in [0.1, 0.15) is 83.9 Å². The van der Waals surface area contributed by atoms with E-state index in [0.29, 0.717) is 10.0 Å². The molecule has 0 unspecified atom stereocenters. The number of halogens is 4. The van der Waals surface area contributed by atoms with Crippen LogP contribution in [0.15, 0.2) is 70.4 Å². The van der Waals surface area contributed by atoms with E-state index in [2.05, 4.69) is 100 Å². The number of anilines is 1. The Labute approximate surface area is 272 Å². The topological polar surface area (TPSA) is 6.25 Å². The van der Waals surface area contributed by atoms with Gasteiger partial charge in [0, 0.05) is 56.5 Å². The molecular weight excluding hydrogens is 602 g/mol. The highest BCUT2D eigenvalue weighted by molar-refractivity contribution is 6.36. The van der Waals surface area contributed by atoms with Crippen molar-refractivity contribution in [3.05, 3.63) is 102 Å². The first-order valence-electron chi connectivity index (χ1n) is 15.0. The van der Waals surface area contributed by atoms with Crippen molar-refractivity contribution in [1.82, 2.24) is 0 Å². The maximum atomic E-state index is 7.06. The Kier molecular flexibility index (Phi) is 8.87. The van der Waals surface area contributed by atoms with Crippen molar-refractivity contribution in [1.29, 1.82) is 0 Å². The predicted octanol–water partition coefficient (Wildman–Crippen LogP) is 11.6. The molecule has 0 radical (unpaired) electrons. The molecule has 0 amide bonds. The quantitative estimate of drug-likeness (QED) is 0.272. The number of allylic oxidation sites excluding steroid dienone is 8. The van der Waals surface area contributed by atoms with Crippen molar-refractivity contribution in [3.8, 4) is 0 Å². The van der Waals surface area contributed by atoms with Gasteiger partial charge in [0.2, 0.25) is 5.69 Å². The number of nitrogens with zero attached hydrogens (tertiary/aromatic N) is 2. The SMILES string of the molecule is CCCN1/C(=C/C=C2\CCC(/C=C/C3=[N+](CCC)c4c(Cl)cc(Cl)cc4C3(C)C)=C2Cl)C(C)(C)c2cc(Cl)cc(C)c21.